The van der Waals surface area contributed by atoms with E-state index >= 15 is 0 Å². The number of nitrogens with one attached hydrogen (secondary N) is 1. The molecule has 2 aromatic rings. The molecule has 0 bridgehead atoms. The van der Waals surface area contributed by atoms with Crippen molar-refractivity contribution < 1.29 is 10.2 Å². The van der Waals surface area contributed by atoms with Gasteiger partial charge in [-0.2, -0.15) is 5.10 Å². The average molecular weight is 261 g/mol. The Balaban J connectivity index is 2.00. The maximum Gasteiger partial charge on any atom is 0.123 e. The van der Waals surface area contributed by atoms with Crippen molar-refractivity contribution in [3.05, 3.63) is 40.7 Å². The highest BCUT2D eigenvalue weighted by atomic mass is 16.3. The van der Waals surface area contributed by atoms with E-state index in [-0.39, 0.29) is 11.5 Å². The molecule has 5 heteroatoms. The monoisotopic (exact) mass is 261 g/mol. The summed E-state index contributed by atoms with van der Waals surface area (Å²) in [5, 5.41) is 26.5. The summed E-state index contributed by atoms with van der Waals surface area (Å²) >= 11 is 0. The summed E-state index contributed by atoms with van der Waals surface area (Å²) in [5.41, 5.74) is 4.10. The van der Waals surface area contributed by atoms with E-state index in [9.17, 15) is 10.2 Å². The first-order valence-electron chi connectivity index (χ1n) is 6.19. The van der Waals surface area contributed by atoms with Crippen LogP contribution in [0.2, 0.25) is 0 Å². The zero-order valence-electron chi connectivity index (χ0n) is 11.4. The second-order valence-electron chi connectivity index (χ2n) is 4.69. The van der Waals surface area contributed by atoms with Gasteiger partial charge in [0.2, 0.25) is 0 Å². The molecule has 102 valence electrons. The lowest BCUT2D eigenvalue weighted by Crippen LogP contribution is -2.14. The number of rotatable bonds is 4. The number of aromatic hydroxyl groups is 2. The van der Waals surface area contributed by atoms with Crippen LogP contribution < -0.4 is 5.32 Å². The molecule has 0 amide bonds. The molecular weight excluding hydrogens is 242 g/mol. The van der Waals surface area contributed by atoms with E-state index in [1.807, 2.05) is 25.6 Å². The molecule has 0 spiro atoms. The number of aromatic nitrogens is 2. The topological polar surface area (TPSA) is 70.3 Å². The molecule has 0 saturated heterocycles. The molecule has 1 heterocycles. The van der Waals surface area contributed by atoms with E-state index < -0.39 is 0 Å². The fourth-order valence-electron chi connectivity index (χ4n) is 2.10. The van der Waals surface area contributed by atoms with Gasteiger partial charge in [0.25, 0.3) is 0 Å². The molecule has 3 N–H and O–H groups in total. The van der Waals surface area contributed by atoms with Gasteiger partial charge in [-0.25, -0.2) is 0 Å². The van der Waals surface area contributed by atoms with Gasteiger partial charge < -0.3 is 15.5 Å². The Labute approximate surface area is 112 Å². The van der Waals surface area contributed by atoms with Crippen molar-refractivity contribution >= 4 is 0 Å². The Morgan fingerprint density at radius 2 is 1.95 bits per heavy atom. The van der Waals surface area contributed by atoms with Gasteiger partial charge in [-0.05, 0) is 19.9 Å². The molecule has 1 aromatic carbocycles. The van der Waals surface area contributed by atoms with Crippen molar-refractivity contribution in [2.75, 3.05) is 0 Å². The SMILES string of the molecule is Cc1nn(C)c(C)c1CNCc1ccc(O)cc1O. The minimum atomic E-state index is 0.0696. The largest absolute Gasteiger partial charge is 0.508 e. The fraction of sp³-hybridized carbons (Fsp3) is 0.357. The summed E-state index contributed by atoms with van der Waals surface area (Å²) in [6, 6.07) is 4.62. The lowest BCUT2D eigenvalue weighted by atomic mass is 10.1. The van der Waals surface area contributed by atoms with Crippen molar-refractivity contribution in [2.24, 2.45) is 7.05 Å². The normalized spacial score (nSPS) is 10.9. The predicted molar refractivity (Wildman–Crippen MR) is 73.0 cm³/mol. The van der Waals surface area contributed by atoms with Gasteiger partial charge in [0, 0.05) is 43.0 Å². The second kappa shape index (κ2) is 5.32. The first-order chi connectivity index (χ1) is 8.99. The summed E-state index contributed by atoms with van der Waals surface area (Å²) in [7, 11) is 1.93. The summed E-state index contributed by atoms with van der Waals surface area (Å²) in [6.07, 6.45) is 0. The van der Waals surface area contributed by atoms with E-state index in [0.717, 1.165) is 17.0 Å². The maximum atomic E-state index is 9.69. The summed E-state index contributed by atoms with van der Waals surface area (Å²) in [5.74, 6) is 0.173. The van der Waals surface area contributed by atoms with Crippen molar-refractivity contribution in [3.63, 3.8) is 0 Å². The third kappa shape index (κ3) is 2.88. The van der Waals surface area contributed by atoms with Gasteiger partial charge in [0.05, 0.1) is 5.69 Å². The second-order valence-corrected chi connectivity index (χ2v) is 4.69. The molecule has 0 atom stereocenters. The van der Waals surface area contributed by atoms with Crippen molar-refractivity contribution in [3.8, 4) is 11.5 Å². The number of benzene rings is 1. The van der Waals surface area contributed by atoms with Crippen LogP contribution in [-0.2, 0) is 20.1 Å². The maximum absolute atomic E-state index is 9.69. The molecular formula is C14H19N3O2. The Morgan fingerprint density at radius 1 is 1.21 bits per heavy atom. The van der Waals surface area contributed by atoms with Gasteiger partial charge in [0.15, 0.2) is 0 Å². The summed E-state index contributed by atoms with van der Waals surface area (Å²) in [4.78, 5) is 0. The van der Waals surface area contributed by atoms with Crippen LogP contribution in [0.4, 0.5) is 0 Å². The van der Waals surface area contributed by atoms with Gasteiger partial charge >= 0.3 is 0 Å². The number of aryl methyl sites for hydroxylation is 2. The Bertz CT molecular complexity index is 591. The molecule has 5 nitrogen and oxygen atoms in total. The van der Waals surface area contributed by atoms with Crippen LogP contribution in [0, 0.1) is 13.8 Å². The molecule has 0 aliphatic heterocycles. The standard InChI is InChI=1S/C14H19N3O2/c1-9-13(10(2)17(3)16-9)8-15-7-11-4-5-12(18)6-14(11)19/h4-6,15,18-19H,7-8H2,1-3H3. The highest BCUT2D eigenvalue weighted by Crippen LogP contribution is 2.22. The van der Waals surface area contributed by atoms with Crippen molar-refractivity contribution in [1.29, 1.82) is 0 Å². The van der Waals surface area contributed by atoms with E-state index in [1.54, 1.807) is 12.1 Å². The Kier molecular flexibility index (Phi) is 3.76. The van der Waals surface area contributed by atoms with Crippen LogP contribution in [-0.4, -0.2) is 20.0 Å². The third-order valence-corrected chi connectivity index (χ3v) is 3.34. The molecule has 0 aliphatic rings. The van der Waals surface area contributed by atoms with Gasteiger partial charge in [-0.1, -0.05) is 6.07 Å². The zero-order chi connectivity index (χ0) is 14.0. The highest BCUT2D eigenvalue weighted by Gasteiger charge is 2.09. The number of phenolic OH excluding ortho intramolecular Hbond substituents is 2. The summed E-state index contributed by atoms with van der Waals surface area (Å²) < 4.78 is 1.87. The van der Waals surface area contributed by atoms with E-state index in [2.05, 4.69) is 10.4 Å². The lowest BCUT2D eigenvalue weighted by Gasteiger charge is -2.07. The third-order valence-electron chi connectivity index (χ3n) is 3.34. The summed E-state index contributed by atoms with van der Waals surface area (Å²) in [6.45, 7) is 5.27. The molecule has 2 rings (SSSR count). The van der Waals surface area contributed by atoms with Crippen LogP contribution in [0.3, 0.4) is 0 Å². The van der Waals surface area contributed by atoms with Crippen molar-refractivity contribution in [2.45, 2.75) is 26.9 Å². The van der Waals surface area contributed by atoms with Crippen LogP contribution in [0.25, 0.3) is 0 Å². The quantitative estimate of drug-likeness (QED) is 0.784. The molecule has 19 heavy (non-hydrogen) atoms. The molecule has 0 saturated carbocycles. The van der Waals surface area contributed by atoms with Crippen LogP contribution in [0.1, 0.15) is 22.5 Å². The van der Waals surface area contributed by atoms with E-state index in [4.69, 9.17) is 0 Å². The molecule has 0 fully saturated rings. The fourth-order valence-corrected chi connectivity index (χ4v) is 2.10. The van der Waals surface area contributed by atoms with Crippen LogP contribution in [0.5, 0.6) is 11.5 Å². The molecule has 0 unspecified atom stereocenters. The number of hydrogen-bond donors (Lipinski definition) is 3. The first kappa shape index (κ1) is 13.4. The van der Waals surface area contributed by atoms with Crippen molar-refractivity contribution in [1.82, 2.24) is 15.1 Å². The number of hydrogen-bond acceptors (Lipinski definition) is 4. The van der Waals surface area contributed by atoms with Gasteiger partial charge in [0.1, 0.15) is 11.5 Å². The first-order valence-corrected chi connectivity index (χ1v) is 6.19. The highest BCUT2D eigenvalue weighted by molar-refractivity contribution is 5.38. The van der Waals surface area contributed by atoms with Crippen LogP contribution in [0.15, 0.2) is 18.2 Å². The van der Waals surface area contributed by atoms with Crippen LogP contribution >= 0.6 is 0 Å². The predicted octanol–water partition coefficient (Wildman–Crippen LogP) is 1.74. The molecule has 0 radical (unpaired) electrons. The van der Waals surface area contributed by atoms with Gasteiger partial charge in [-0.3, -0.25) is 4.68 Å². The number of phenols is 2. The van der Waals surface area contributed by atoms with E-state index in [1.165, 1.54) is 11.6 Å². The molecule has 1 aromatic heterocycles. The van der Waals surface area contributed by atoms with Gasteiger partial charge in [-0.15, -0.1) is 0 Å². The minimum Gasteiger partial charge on any atom is -0.508 e. The zero-order valence-corrected chi connectivity index (χ0v) is 11.4. The Hall–Kier alpha value is -2.01. The van der Waals surface area contributed by atoms with E-state index in [0.29, 0.717) is 13.1 Å². The lowest BCUT2D eigenvalue weighted by molar-refractivity contribution is 0.443. The molecule has 0 aliphatic carbocycles. The number of nitrogens with zero attached hydrogens (tertiary/aromatic N) is 2. The Morgan fingerprint density at radius 3 is 2.53 bits per heavy atom. The minimum absolute atomic E-state index is 0.0696. The smallest absolute Gasteiger partial charge is 0.123 e. The average Bonchev–Trinajstić information content (AvgIpc) is 2.58.